The first-order valence-electron chi connectivity index (χ1n) is 5.37. The second kappa shape index (κ2) is 6.21. The Labute approximate surface area is 102 Å². The molecule has 1 rings (SSSR count). The molecule has 0 amide bonds. The lowest BCUT2D eigenvalue weighted by Gasteiger charge is -2.18. The number of aryl methyl sites for hydroxylation is 1. The van der Waals surface area contributed by atoms with Crippen molar-refractivity contribution in [3.63, 3.8) is 0 Å². The van der Waals surface area contributed by atoms with Crippen molar-refractivity contribution in [1.82, 2.24) is 5.43 Å². The minimum Gasteiger partial charge on any atom is -0.377 e. The smallest absolute Gasteiger partial charge is 0.0694 e. The van der Waals surface area contributed by atoms with Crippen molar-refractivity contribution in [2.75, 3.05) is 6.61 Å². The first-order valence-corrected chi connectivity index (χ1v) is 5.75. The van der Waals surface area contributed by atoms with Crippen molar-refractivity contribution in [1.29, 1.82) is 0 Å². The normalized spacial score (nSPS) is 13.1. The Balaban J connectivity index is 2.78. The molecule has 4 heteroatoms. The Morgan fingerprint density at radius 1 is 1.38 bits per heavy atom. The molecule has 1 unspecified atom stereocenters. The fourth-order valence-corrected chi connectivity index (χ4v) is 1.79. The average molecular weight is 243 g/mol. The van der Waals surface area contributed by atoms with Crippen LogP contribution in [-0.4, -0.2) is 12.7 Å². The Kier molecular flexibility index (Phi) is 5.22. The topological polar surface area (TPSA) is 47.3 Å². The van der Waals surface area contributed by atoms with Gasteiger partial charge in [0.15, 0.2) is 0 Å². The van der Waals surface area contributed by atoms with Gasteiger partial charge in [0.1, 0.15) is 0 Å². The lowest BCUT2D eigenvalue weighted by molar-refractivity contribution is 0.0611. The third-order valence-corrected chi connectivity index (χ3v) is 2.48. The first kappa shape index (κ1) is 13.5. The number of hydrogen-bond acceptors (Lipinski definition) is 3. The molecule has 0 aliphatic carbocycles. The maximum atomic E-state index is 6.00. The van der Waals surface area contributed by atoms with Gasteiger partial charge in [-0.3, -0.25) is 11.3 Å². The van der Waals surface area contributed by atoms with E-state index in [4.69, 9.17) is 22.2 Å². The highest BCUT2D eigenvalue weighted by Crippen LogP contribution is 2.20. The minimum absolute atomic E-state index is 0.0280. The van der Waals surface area contributed by atoms with Crippen molar-refractivity contribution < 1.29 is 4.74 Å². The van der Waals surface area contributed by atoms with Crippen LogP contribution >= 0.6 is 11.6 Å². The number of ether oxygens (including phenoxy) is 1. The van der Waals surface area contributed by atoms with Gasteiger partial charge in [-0.25, -0.2) is 0 Å². The number of benzene rings is 1. The van der Waals surface area contributed by atoms with Crippen molar-refractivity contribution in [2.45, 2.75) is 32.9 Å². The molecular formula is C12H19ClN2O. The zero-order chi connectivity index (χ0) is 12.1. The molecule has 0 heterocycles. The zero-order valence-corrected chi connectivity index (χ0v) is 10.7. The molecule has 0 radical (unpaired) electrons. The maximum Gasteiger partial charge on any atom is 0.0694 e. The molecule has 1 aromatic rings. The van der Waals surface area contributed by atoms with E-state index in [9.17, 15) is 0 Å². The van der Waals surface area contributed by atoms with Gasteiger partial charge in [-0.1, -0.05) is 17.7 Å². The van der Waals surface area contributed by atoms with E-state index in [-0.39, 0.29) is 12.1 Å². The summed E-state index contributed by atoms with van der Waals surface area (Å²) in [7, 11) is 0. The van der Waals surface area contributed by atoms with Crippen molar-refractivity contribution in [3.05, 3.63) is 34.3 Å². The van der Waals surface area contributed by atoms with Gasteiger partial charge < -0.3 is 4.74 Å². The maximum absolute atomic E-state index is 6.00. The van der Waals surface area contributed by atoms with Gasteiger partial charge in [0.05, 0.1) is 18.8 Å². The summed E-state index contributed by atoms with van der Waals surface area (Å²) in [6.07, 6.45) is 0.191. The highest BCUT2D eigenvalue weighted by atomic mass is 35.5. The lowest BCUT2D eigenvalue weighted by Crippen LogP contribution is -2.32. The molecule has 3 nitrogen and oxygen atoms in total. The molecule has 0 aliphatic heterocycles. The van der Waals surface area contributed by atoms with Gasteiger partial charge in [-0.05, 0) is 44.0 Å². The molecule has 0 aromatic heterocycles. The highest BCUT2D eigenvalue weighted by molar-refractivity contribution is 6.30. The van der Waals surface area contributed by atoms with Crippen molar-refractivity contribution >= 4 is 11.6 Å². The molecule has 1 atom stereocenters. The summed E-state index contributed by atoms with van der Waals surface area (Å²) in [4.78, 5) is 0. The summed E-state index contributed by atoms with van der Waals surface area (Å²) in [6.45, 7) is 6.54. The summed E-state index contributed by atoms with van der Waals surface area (Å²) >= 11 is 6.00. The van der Waals surface area contributed by atoms with Crippen LogP contribution in [0.3, 0.4) is 0 Å². The number of halogens is 1. The van der Waals surface area contributed by atoms with Crippen LogP contribution < -0.4 is 11.3 Å². The quantitative estimate of drug-likeness (QED) is 0.616. The van der Waals surface area contributed by atoms with Gasteiger partial charge in [-0.2, -0.15) is 0 Å². The molecule has 0 aliphatic rings. The molecular weight excluding hydrogens is 224 g/mol. The third-order valence-electron chi connectivity index (χ3n) is 2.26. The summed E-state index contributed by atoms with van der Waals surface area (Å²) < 4.78 is 5.54. The van der Waals surface area contributed by atoms with E-state index in [1.54, 1.807) is 0 Å². The number of rotatable bonds is 5. The van der Waals surface area contributed by atoms with Crippen LogP contribution in [0.2, 0.25) is 5.02 Å². The number of nitrogens with one attached hydrogen (secondary N) is 1. The summed E-state index contributed by atoms with van der Waals surface area (Å²) in [5, 5.41) is 0.722. The predicted molar refractivity (Wildman–Crippen MR) is 67.3 cm³/mol. The monoisotopic (exact) mass is 242 g/mol. The van der Waals surface area contributed by atoms with Gasteiger partial charge >= 0.3 is 0 Å². The standard InChI is InChI=1S/C12H19ClN2O/c1-8(2)16-7-12(15-14)10-4-9(3)5-11(13)6-10/h4-6,8,12,15H,7,14H2,1-3H3. The van der Waals surface area contributed by atoms with E-state index < -0.39 is 0 Å². The predicted octanol–water partition coefficient (Wildman–Crippen LogP) is 2.58. The van der Waals surface area contributed by atoms with E-state index in [0.717, 1.165) is 16.1 Å². The second-order valence-corrected chi connectivity index (χ2v) is 4.60. The Hall–Kier alpha value is -0.610. The van der Waals surface area contributed by atoms with E-state index in [2.05, 4.69) is 11.5 Å². The lowest BCUT2D eigenvalue weighted by atomic mass is 10.1. The second-order valence-electron chi connectivity index (χ2n) is 4.16. The van der Waals surface area contributed by atoms with Gasteiger partial charge in [-0.15, -0.1) is 0 Å². The summed E-state index contributed by atoms with van der Waals surface area (Å²) in [6, 6.07) is 5.85. The number of nitrogens with two attached hydrogens (primary N) is 1. The molecule has 3 N–H and O–H groups in total. The van der Waals surface area contributed by atoms with E-state index in [1.165, 1.54) is 0 Å². The van der Waals surface area contributed by atoms with Gasteiger partial charge in [0.2, 0.25) is 0 Å². The van der Waals surface area contributed by atoms with Crippen LogP contribution in [0.4, 0.5) is 0 Å². The average Bonchev–Trinajstić information content (AvgIpc) is 2.16. The van der Waals surface area contributed by atoms with Crippen LogP contribution in [0, 0.1) is 6.92 Å². The molecule has 0 spiro atoms. The van der Waals surface area contributed by atoms with Crippen LogP contribution in [0.5, 0.6) is 0 Å². The molecule has 1 aromatic carbocycles. The highest BCUT2D eigenvalue weighted by Gasteiger charge is 2.11. The number of hydrazine groups is 1. The van der Waals surface area contributed by atoms with Gasteiger partial charge in [0, 0.05) is 5.02 Å². The molecule has 16 heavy (non-hydrogen) atoms. The molecule has 0 fully saturated rings. The van der Waals surface area contributed by atoms with E-state index in [1.807, 2.05) is 32.9 Å². The van der Waals surface area contributed by atoms with Gasteiger partial charge in [0.25, 0.3) is 0 Å². The van der Waals surface area contributed by atoms with Crippen LogP contribution in [0.25, 0.3) is 0 Å². The summed E-state index contributed by atoms with van der Waals surface area (Å²) in [5.41, 5.74) is 4.91. The third kappa shape index (κ3) is 4.10. The zero-order valence-electron chi connectivity index (χ0n) is 9.96. The molecule has 0 saturated carbocycles. The van der Waals surface area contributed by atoms with E-state index in [0.29, 0.717) is 6.61 Å². The number of hydrogen-bond donors (Lipinski definition) is 2. The van der Waals surface area contributed by atoms with Crippen LogP contribution in [-0.2, 0) is 4.74 Å². The molecule has 90 valence electrons. The molecule has 0 saturated heterocycles. The fourth-order valence-electron chi connectivity index (χ4n) is 1.50. The van der Waals surface area contributed by atoms with Crippen molar-refractivity contribution in [3.8, 4) is 0 Å². The molecule has 0 bridgehead atoms. The summed E-state index contributed by atoms with van der Waals surface area (Å²) in [5.74, 6) is 5.52. The largest absolute Gasteiger partial charge is 0.377 e. The first-order chi connectivity index (χ1) is 7.52. The minimum atomic E-state index is -0.0280. The Morgan fingerprint density at radius 2 is 2.06 bits per heavy atom. The Morgan fingerprint density at radius 3 is 2.56 bits per heavy atom. The van der Waals surface area contributed by atoms with E-state index >= 15 is 0 Å². The van der Waals surface area contributed by atoms with Crippen molar-refractivity contribution in [2.24, 2.45) is 5.84 Å². The van der Waals surface area contributed by atoms with Crippen LogP contribution in [0.1, 0.15) is 31.0 Å². The SMILES string of the molecule is Cc1cc(Cl)cc(C(COC(C)C)NN)c1. The Bertz CT molecular complexity index is 322. The van der Waals surface area contributed by atoms with Crippen LogP contribution in [0.15, 0.2) is 18.2 Å². The fraction of sp³-hybridized carbons (Fsp3) is 0.500.